The summed E-state index contributed by atoms with van der Waals surface area (Å²) in [4.78, 5) is 26.9. The second-order valence-electron chi connectivity index (χ2n) is 6.52. The average molecular weight is 476 g/mol. The highest BCUT2D eigenvalue weighted by molar-refractivity contribution is 9.10. The molecule has 0 aliphatic carbocycles. The summed E-state index contributed by atoms with van der Waals surface area (Å²) in [5.41, 5.74) is 2.40. The van der Waals surface area contributed by atoms with Crippen molar-refractivity contribution in [3.63, 3.8) is 0 Å². The number of carbonyl (C=O) groups is 1. The van der Waals surface area contributed by atoms with Crippen molar-refractivity contribution in [2.75, 3.05) is 11.9 Å². The normalized spacial score (nSPS) is 10.8. The topological polar surface area (TPSA) is 94.4 Å². The van der Waals surface area contributed by atoms with E-state index in [2.05, 4.69) is 40.1 Å². The van der Waals surface area contributed by atoms with Crippen molar-refractivity contribution >= 4 is 44.0 Å². The largest absolute Gasteiger partial charge is 0.483 e. The number of anilines is 1. The number of hydrogen-bond donors (Lipinski definition) is 1. The van der Waals surface area contributed by atoms with Crippen LogP contribution < -0.4 is 10.1 Å². The third kappa shape index (κ3) is 5.39. The molecule has 0 atom stereocenters. The van der Waals surface area contributed by atoms with Gasteiger partial charge >= 0.3 is 0 Å². The Hall–Kier alpha value is -2.78. The lowest BCUT2D eigenvalue weighted by Crippen LogP contribution is -2.20. The van der Waals surface area contributed by atoms with E-state index in [1.165, 1.54) is 23.5 Å². The minimum Gasteiger partial charge on any atom is -0.483 e. The molecule has 0 aliphatic heterocycles. The molecule has 0 fully saturated rings. The predicted octanol–water partition coefficient (Wildman–Crippen LogP) is 5.62. The zero-order valence-corrected chi connectivity index (χ0v) is 18.1. The molecule has 3 rings (SSSR count). The molecular formula is C20H18BrN3O4S. The van der Waals surface area contributed by atoms with Crippen LogP contribution in [-0.4, -0.2) is 22.4 Å². The molecule has 1 aromatic heterocycles. The lowest BCUT2D eigenvalue weighted by molar-refractivity contribution is -0.384. The lowest BCUT2D eigenvalue weighted by atomic mass is 10.0. The van der Waals surface area contributed by atoms with E-state index in [1.54, 1.807) is 17.5 Å². The average Bonchev–Trinajstić information content (AvgIpc) is 3.15. The van der Waals surface area contributed by atoms with E-state index in [1.807, 2.05) is 18.2 Å². The Morgan fingerprint density at radius 2 is 2.00 bits per heavy atom. The maximum atomic E-state index is 12.2. The Balaban J connectivity index is 1.61. The number of hydrogen-bond acceptors (Lipinski definition) is 6. The summed E-state index contributed by atoms with van der Waals surface area (Å²) in [5.74, 6) is 0.616. The van der Waals surface area contributed by atoms with Gasteiger partial charge in [-0.3, -0.25) is 20.2 Å². The fourth-order valence-electron chi connectivity index (χ4n) is 2.62. The van der Waals surface area contributed by atoms with Crippen molar-refractivity contribution in [3.8, 4) is 17.0 Å². The molecule has 29 heavy (non-hydrogen) atoms. The van der Waals surface area contributed by atoms with Gasteiger partial charge < -0.3 is 4.74 Å². The summed E-state index contributed by atoms with van der Waals surface area (Å²) in [5, 5.41) is 15.7. The molecule has 0 aliphatic rings. The monoisotopic (exact) mass is 475 g/mol. The lowest BCUT2D eigenvalue weighted by Gasteiger charge is -2.14. The zero-order chi connectivity index (χ0) is 21.0. The zero-order valence-electron chi connectivity index (χ0n) is 15.7. The first-order chi connectivity index (χ1) is 13.8. The van der Waals surface area contributed by atoms with Crippen molar-refractivity contribution in [3.05, 3.63) is 68.0 Å². The molecule has 9 heteroatoms. The first-order valence-corrected chi connectivity index (χ1v) is 10.4. The molecule has 0 bridgehead atoms. The van der Waals surface area contributed by atoms with Crippen LogP contribution in [0.5, 0.6) is 5.75 Å². The van der Waals surface area contributed by atoms with Gasteiger partial charge in [0, 0.05) is 27.5 Å². The van der Waals surface area contributed by atoms with Gasteiger partial charge in [0.05, 0.1) is 10.6 Å². The fraction of sp³-hybridized carbons (Fsp3) is 0.200. The number of amides is 1. The maximum Gasteiger partial charge on any atom is 0.269 e. The summed E-state index contributed by atoms with van der Waals surface area (Å²) >= 11 is 4.72. The number of nitro groups is 1. The summed E-state index contributed by atoms with van der Waals surface area (Å²) in [6.07, 6.45) is 0. The Morgan fingerprint density at radius 3 is 2.66 bits per heavy atom. The number of halogens is 1. The standard InChI is InChI=1S/C20H18BrN3O4S/c1-12(2)16-9-14(21)5-8-18(16)28-10-19(25)23-20-22-17(11-29-20)13-3-6-15(7-4-13)24(26)27/h3-9,11-12H,10H2,1-2H3,(H,22,23,25). The number of nitrogens with one attached hydrogen (secondary N) is 1. The van der Waals surface area contributed by atoms with Crippen LogP contribution in [0.1, 0.15) is 25.3 Å². The molecule has 7 nitrogen and oxygen atoms in total. The SMILES string of the molecule is CC(C)c1cc(Br)ccc1OCC(=O)Nc1nc(-c2ccc([N+](=O)[O-])cc2)cs1. The number of non-ortho nitro benzene ring substituents is 1. The van der Waals surface area contributed by atoms with E-state index in [0.29, 0.717) is 16.6 Å². The highest BCUT2D eigenvalue weighted by Crippen LogP contribution is 2.30. The number of benzene rings is 2. The number of rotatable bonds is 7. The smallest absolute Gasteiger partial charge is 0.269 e. The van der Waals surface area contributed by atoms with Gasteiger partial charge in [0.2, 0.25) is 0 Å². The van der Waals surface area contributed by atoms with Crippen molar-refractivity contribution < 1.29 is 14.5 Å². The van der Waals surface area contributed by atoms with Gasteiger partial charge in [0.1, 0.15) is 5.75 Å². The molecule has 1 N–H and O–H groups in total. The maximum absolute atomic E-state index is 12.2. The van der Waals surface area contributed by atoms with Gasteiger partial charge in [-0.25, -0.2) is 4.98 Å². The number of aromatic nitrogens is 1. The van der Waals surface area contributed by atoms with Crippen LogP contribution in [-0.2, 0) is 4.79 Å². The number of nitrogens with zero attached hydrogens (tertiary/aromatic N) is 2. The van der Waals surface area contributed by atoms with Crippen LogP contribution in [0.4, 0.5) is 10.8 Å². The molecule has 3 aromatic rings. The van der Waals surface area contributed by atoms with Crippen LogP contribution in [0.3, 0.4) is 0 Å². The highest BCUT2D eigenvalue weighted by atomic mass is 79.9. The molecule has 1 heterocycles. The van der Waals surface area contributed by atoms with E-state index in [0.717, 1.165) is 15.6 Å². The molecule has 1 amide bonds. The molecule has 0 spiro atoms. The number of thiazole rings is 1. The van der Waals surface area contributed by atoms with Gasteiger partial charge in [-0.05, 0) is 41.8 Å². The summed E-state index contributed by atoms with van der Waals surface area (Å²) in [6.45, 7) is 3.99. The van der Waals surface area contributed by atoms with E-state index in [-0.39, 0.29) is 24.1 Å². The summed E-state index contributed by atoms with van der Waals surface area (Å²) < 4.78 is 6.65. The predicted molar refractivity (Wildman–Crippen MR) is 117 cm³/mol. The Bertz CT molecular complexity index is 1030. The van der Waals surface area contributed by atoms with Crippen LogP contribution in [0.15, 0.2) is 52.3 Å². The first kappa shape index (κ1) is 20.9. The molecule has 0 saturated carbocycles. The molecule has 150 valence electrons. The quantitative estimate of drug-likeness (QED) is 0.353. The second-order valence-corrected chi connectivity index (χ2v) is 8.29. The van der Waals surface area contributed by atoms with Crippen molar-refractivity contribution in [1.29, 1.82) is 0 Å². The molecule has 2 aromatic carbocycles. The van der Waals surface area contributed by atoms with E-state index >= 15 is 0 Å². The van der Waals surface area contributed by atoms with E-state index in [4.69, 9.17) is 4.74 Å². The van der Waals surface area contributed by atoms with E-state index in [9.17, 15) is 14.9 Å². The van der Waals surface area contributed by atoms with Crippen molar-refractivity contribution in [2.45, 2.75) is 19.8 Å². The van der Waals surface area contributed by atoms with Gasteiger partial charge in [-0.15, -0.1) is 11.3 Å². The molecule has 0 saturated heterocycles. The summed E-state index contributed by atoms with van der Waals surface area (Å²) in [6, 6.07) is 11.8. The highest BCUT2D eigenvalue weighted by Gasteiger charge is 2.13. The summed E-state index contributed by atoms with van der Waals surface area (Å²) in [7, 11) is 0. The van der Waals surface area contributed by atoms with Crippen LogP contribution in [0.25, 0.3) is 11.3 Å². The van der Waals surface area contributed by atoms with Crippen molar-refractivity contribution in [1.82, 2.24) is 4.98 Å². The second kappa shape index (κ2) is 9.15. The Labute approximate surface area is 180 Å². The van der Waals surface area contributed by atoms with E-state index < -0.39 is 4.92 Å². The Morgan fingerprint density at radius 1 is 1.28 bits per heavy atom. The minimum atomic E-state index is -0.452. The van der Waals surface area contributed by atoms with Crippen LogP contribution in [0, 0.1) is 10.1 Å². The third-order valence-electron chi connectivity index (χ3n) is 4.08. The fourth-order valence-corrected chi connectivity index (χ4v) is 3.73. The first-order valence-electron chi connectivity index (χ1n) is 8.76. The van der Waals surface area contributed by atoms with Gasteiger partial charge in [0.25, 0.3) is 11.6 Å². The Kier molecular flexibility index (Phi) is 6.60. The number of ether oxygens (including phenoxy) is 1. The van der Waals surface area contributed by atoms with Gasteiger partial charge in [-0.2, -0.15) is 0 Å². The molecular weight excluding hydrogens is 458 g/mol. The van der Waals surface area contributed by atoms with Gasteiger partial charge in [-0.1, -0.05) is 29.8 Å². The van der Waals surface area contributed by atoms with Crippen molar-refractivity contribution in [2.24, 2.45) is 0 Å². The number of nitro benzene ring substituents is 1. The third-order valence-corrected chi connectivity index (χ3v) is 5.33. The number of carbonyl (C=O) groups excluding carboxylic acids is 1. The van der Waals surface area contributed by atoms with Gasteiger partial charge in [0.15, 0.2) is 11.7 Å². The molecule has 0 unspecified atom stereocenters. The van der Waals surface area contributed by atoms with Crippen LogP contribution >= 0.6 is 27.3 Å². The molecule has 0 radical (unpaired) electrons. The minimum absolute atomic E-state index is 0.0170. The van der Waals surface area contributed by atoms with Crippen LogP contribution in [0.2, 0.25) is 0 Å².